The largest absolute Gasteiger partial charge is 0.504 e. The lowest BCUT2D eigenvalue weighted by Crippen LogP contribution is -2.04. The van der Waals surface area contributed by atoms with Gasteiger partial charge in [0.2, 0.25) is 11.5 Å². The molecule has 0 saturated heterocycles. The van der Waals surface area contributed by atoms with Crippen LogP contribution in [0.15, 0.2) is 33.5 Å². The summed E-state index contributed by atoms with van der Waals surface area (Å²) in [6.45, 7) is 0. The van der Waals surface area contributed by atoms with Crippen LogP contribution in [0.3, 0.4) is 0 Å². The molecule has 2 N–H and O–H groups in total. The van der Waals surface area contributed by atoms with E-state index in [1.54, 1.807) is 6.07 Å². The molecule has 3 rings (SSSR count). The first-order valence-corrected chi connectivity index (χ1v) is 7.82. The fraction of sp³-hybridized carbons (Fsp3) is 0.211. The zero-order valence-corrected chi connectivity index (χ0v) is 15.2. The number of ether oxygens (including phenoxy) is 4. The lowest BCUT2D eigenvalue weighted by Gasteiger charge is -2.13. The summed E-state index contributed by atoms with van der Waals surface area (Å²) in [5.74, 6) is 0.285. The second-order valence-corrected chi connectivity index (χ2v) is 5.54. The molecule has 0 bridgehead atoms. The molecule has 0 saturated carbocycles. The number of rotatable bonds is 5. The van der Waals surface area contributed by atoms with Gasteiger partial charge in [0.25, 0.3) is 0 Å². The van der Waals surface area contributed by atoms with Gasteiger partial charge >= 0.3 is 0 Å². The van der Waals surface area contributed by atoms with Crippen LogP contribution in [-0.2, 0) is 0 Å². The minimum absolute atomic E-state index is 0.0359. The van der Waals surface area contributed by atoms with Crippen molar-refractivity contribution in [3.63, 3.8) is 0 Å². The smallest absolute Gasteiger partial charge is 0.204 e. The maximum atomic E-state index is 12.7. The summed E-state index contributed by atoms with van der Waals surface area (Å²) in [5, 5.41) is 20.4. The molecule has 142 valence electrons. The fourth-order valence-electron chi connectivity index (χ4n) is 2.88. The third-order valence-corrected chi connectivity index (χ3v) is 4.06. The van der Waals surface area contributed by atoms with Crippen LogP contribution in [0.1, 0.15) is 0 Å². The third-order valence-electron chi connectivity index (χ3n) is 4.06. The summed E-state index contributed by atoms with van der Waals surface area (Å²) in [4.78, 5) is 12.7. The van der Waals surface area contributed by atoms with E-state index in [0.29, 0.717) is 5.56 Å². The Morgan fingerprint density at radius 1 is 0.778 bits per heavy atom. The van der Waals surface area contributed by atoms with Gasteiger partial charge in [0.05, 0.1) is 28.4 Å². The van der Waals surface area contributed by atoms with Gasteiger partial charge in [-0.05, 0) is 12.1 Å². The highest BCUT2D eigenvalue weighted by atomic mass is 16.5. The Morgan fingerprint density at radius 3 is 2.00 bits per heavy atom. The van der Waals surface area contributed by atoms with E-state index in [2.05, 4.69) is 0 Å². The SMILES string of the molecule is COc1cc(-c2cc(=O)c3c(OC)c(OC)c(O)cc3o2)cc(O)c1OC. The van der Waals surface area contributed by atoms with Gasteiger partial charge in [-0.1, -0.05) is 0 Å². The number of methoxy groups -OCH3 is 4. The predicted molar refractivity (Wildman–Crippen MR) is 97.5 cm³/mol. The van der Waals surface area contributed by atoms with Crippen molar-refractivity contribution < 1.29 is 33.6 Å². The average Bonchev–Trinajstić information content (AvgIpc) is 2.65. The first-order chi connectivity index (χ1) is 12.9. The Balaban J connectivity index is 2.30. The maximum Gasteiger partial charge on any atom is 0.204 e. The molecule has 0 amide bonds. The van der Waals surface area contributed by atoms with E-state index in [-0.39, 0.29) is 51.2 Å². The summed E-state index contributed by atoms with van der Waals surface area (Å²) in [5.41, 5.74) is 0.0797. The highest BCUT2D eigenvalue weighted by Crippen LogP contribution is 2.44. The molecule has 0 aliphatic carbocycles. The van der Waals surface area contributed by atoms with Crippen molar-refractivity contribution in [2.24, 2.45) is 0 Å². The Morgan fingerprint density at radius 2 is 1.41 bits per heavy atom. The quantitative estimate of drug-likeness (QED) is 0.702. The van der Waals surface area contributed by atoms with Gasteiger partial charge in [0.15, 0.2) is 28.4 Å². The van der Waals surface area contributed by atoms with Crippen LogP contribution in [0.25, 0.3) is 22.3 Å². The molecule has 1 aromatic heterocycles. The first-order valence-electron chi connectivity index (χ1n) is 7.82. The number of phenolic OH excluding ortho intramolecular Hbond substituents is 2. The molecule has 0 aliphatic rings. The highest BCUT2D eigenvalue weighted by Gasteiger charge is 2.21. The molecule has 0 spiro atoms. The molecule has 0 unspecified atom stereocenters. The molecular weight excluding hydrogens is 356 g/mol. The average molecular weight is 374 g/mol. The first kappa shape index (κ1) is 18.2. The van der Waals surface area contributed by atoms with E-state index in [4.69, 9.17) is 23.4 Å². The monoisotopic (exact) mass is 374 g/mol. The molecule has 0 fully saturated rings. The molecule has 8 heteroatoms. The van der Waals surface area contributed by atoms with Gasteiger partial charge in [-0.15, -0.1) is 0 Å². The van der Waals surface area contributed by atoms with Crippen molar-refractivity contribution in [3.8, 4) is 45.8 Å². The number of hydrogen-bond acceptors (Lipinski definition) is 8. The molecule has 8 nitrogen and oxygen atoms in total. The third kappa shape index (κ3) is 2.95. The topological polar surface area (TPSA) is 108 Å². The number of fused-ring (bicyclic) bond motifs is 1. The van der Waals surface area contributed by atoms with Crippen molar-refractivity contribution in [2.75, 3.05) is 28.4 Å². The van der Waals surface area contributed by atoms with Crippen molar-refractivity contribution in [2.45, 2.75) is 0 Å². The number of phenols is 2. The van der Waals surface area contributed by atoms with Crippen LogP contribution in [0.5, 0.6) is 34.5 Å². The fourth-order valence-corrected chi connectivity index (χ4v) is 2.88. The summed E-state index contributed by atoms with van der Waals surface area (Å²) >= 11 is 0. The van der Waals surface area contributed by atoms with Crippen LogP contribution in [0.2, 0.25) is 0 Å². The van der Waals surface area contributed by atoms with Crippen molar-refractivity contribution >= 4 is 11.0 Å². The zero-order valence-electron chi connectivity index (χ0n) is 15.2. The summed E-state index contributed by atoms with van der Waals surface area (Å²) in [7, 11) is 5.53. The van der Waals surface area contributed by atoms with Gasteiger partial charge in [0, 0.05) is 17.7 Å². The lowest BCUT2D eigenvalue weighted by atomic mass is 10.1. The minimum Gasteiger partial charge on any atom is -0.504 e. The molecule has 1 heterocycles. The Kier molecular flexibility index (Phi) is 4.72. The van der Waals surface area contributed by atoms with E-state index < -0.39 is 5.43 Å². The van der Waals surface area contributed by atoms with Gasteiger partial charge < -0.3 is 33.6 Å². The van der Waals surface area contributed by atoms with E-state index in [9.17, 15) is 15.0 Å². The Bertz CT molecular complexity index is 1070. The summed E-state index contributed by atoms with van der Waals surface area (Å²) in [6.07, 6.45) is 0. The Hall–Kier alpha value is -3.55. The van der Waals surface area contributed by atoms with Crippen molar-refractivity contribution in [1.82, 2.24) is 0 Å². The van der Waals surface area contributed by atoms with E-state index in [1.807, 2.05) is 0 Å². The lowest BCUT2D eigenvalue weighted by molar-refractivity contribution is 0.333. The van der Waals surface area contributed by atoms with Crippen LogP contribution < -0.4 is 24.4 Å². The zero-order chi connectivity index (χ0) is 19.7. The van der Waals surface area contributed by atoms with Crippen LogP contribution in [0.4, 0.5) is 0 Å². The number of hydrogen-bond donors (Lipinski definition) is 2. The molecule has 2 aromatic carbocycles. The van der Waals surface area contributed by atoms with Crippen molar-refractivity contribution in [3.05, 3.63) is 34.5 Å². The van der Waals surface area contributed by atoms with E-state index in [0.717, 1.165) is 0 Å². The normalized spacial score (nSPS) is 10.7. The van der Waals surface area contributed by atoms with Crippen LogP contribution >= 0.6 is 0 Å². The van der Waals surface area contributed by atoms with Gasteiger partial charge in [-0.2, -0.15) is 0 Å². The maximum absolute atomic E-state index is 12.7. The Labute approximate surface area is 154 Å². The van der Waals surface area contributed by atoms with E-state index >= 15 is 0 Å². The van der Waals surface area contributed by atoms with Crippen LogP contribution in [0, 0.1) is 0 Å². The minimum atomic E-state index is -0.407. The van der Waals surface area contributed by atoms with Crippen LogP contribution in [-0.4, -0.2) is 38.7 Å². The summed E-state index contributed by atoms with van der Waals surface area (Å²) in [6, 6.07) is 5.46. The van der Waals surface area contributed by atoms with Gasteiger partial charge in [-0.25, -0.2) is 0 Å². The number of benzene rings is 2. The van der Waals surface area contributed by atoms with Gasteiger partial charge in [-0.3, -0.25) is 4.79 Å². The van der Waals surface area contributed by atoms with Crippen molar-refractivity contribution in [1.29, 1.82) is 0 Å². The molecule has 0 radical (unpaired) electrons. The second kappa shape index (κ2) is 6.99. The van der Waals surface area contributed by atoms with Gasteiger partial charge in [0.1, 0.15) is 16.7 Å². The second-order valence-electron chi connectivity index (χ2n) is 5.54. The molecular formula is C19H18O8. The molecule has 3 aromatic rings. The summed E-state index contributed by atoms with van der Waals surface area (Å²) < 4.78 is 26.4. The molecule has 27 heavy (non-hydrogen) atoms. The standard InChI is InChI=1S/C19H18O8/c1-23-15-6-9(5-11(21)17(15)24-2)13-7-10(20)16-14(27-13)8-12(22)18(25-3)19(16)26-4/h5-8,21-22H,1-4H3. The number of aromatic hydroxyl groups is 2. The highest BCUT2D eigenvalue weighted by molar-refractivity contribution is 5.90. The van der Waals surface area contributed by atoms with E-state index in [1.165, 1.54) is 46.6 Å². The molecule has 0 atom stereocenters. The molecule has 0 aliphatic heterocycles. The predicted octanol–water partition coefficient (Wildman–Crippen LogP) is 2.91.